The van der Waals surface area contributed by atoms with Gasteiger partial charge in [-0.2, -0.15) is 0 Å². The van der Waals surface area contributed by atoms with Crippen LogP contribution >= 0.6 is 0 Å². The third-order valence-electron chi connectivity index (χ3n) is 2.62. The van der Waals surface area contributed by atoms with Crippen molar-refractivity contribution in [1.29, 1.82) is 0 Å². The van der Waals surface area contributed by atoms with Crippen LogP contribution in [0.25, 0.3) is 0 Å². The van der Waals surface area contributed by atoms with E-state index in [0.29, 0.717) is 37.4 Å². The Morgan fingerprint density at radius 2 is 2.05 bits per heavy atom. The Bertz CT molecular complexity index is 474. The normalized spacial score (nSPS) is 10.1. The number of phenols is 1. The molecule has 0 radical (unpaired) electrons. The number of ether oxygens (including phenoxy) is 1. The molecule has 0 saturated carbocycles. The quantitative estimate of drug-likeness (QED) is 0.415. The van der Waals surface area contributed by atoms with Crippen LogP contribution in [0.15, 0.2) is 18.2 Å². The van der Waals surface area contributed by atoms with Gasteiger partial charge in [0.1, 0.15) is 5.75 Å². The Labute approximate surface area is 118 Å². The summed E-state index contributed by atoms with van der Waals surface area (Å²) in [7, 11) is 0. The number of aryl methyl sites for hydroxylation is 1. The van der Waals surface area contributed by atoms with Gasteiger partial charge in [-0.15, -0.1) is 0 Å². The molecule has 0 aliphatic carbocycles. The summed E-state index contributed by atoms with van der Waals surface area (Å²) in [4.78, 5) is 23.2. The molecule has 6 nitrogen and oxygen atoms in total. The lowest BCUT2D eigenvalue weighted by molar-refractivity contribution is -0.136. The van der Waals surface area contributed by atoms with Crippen molar-refractivity contribution in [2.75, 3.05) is 25.1 Å². The summed E-state index contributed by atoms with van der Waals surface area (Å²) in [5, 5.41) is 14.3. The number of aromatic hydroxyl groups is 1. The van der Waals surface area contributed by atoms with Crippen molar-refractivity contribution in [2.45, 2.75) is 20.3 Å². The third-order valence-corrected chi connectivity index (χ3v) is 2.62. The molecule has 0 fully saturated rings. The molecule has 1 aromatic carbocycles. The summed E-state index contributed by atoms with van der Waals surface area (Å²) in [6.07, 6.45) is 0.658. The van der Waals surface area contributed by atoms with Gasteiger partial charge < -0.3 is 20.5 Å². The predicted octanol–water partition coefficient (Wildman–Crippen LogP) is 1.18. The smallest absolute Gasteiger partial charge is 0.313 e. The molecule has 0 saturated heterocycles. The average molecular weight is 280 g/mol. The van der Waals surface area contributed by atoms with Crippen LogP contribution in [0.5, 0.6) is 5.75 Å². The lowest BCUT2D eigenvalue weighted by atomic mass is 10.2. The molecule has 0 aliphatic heterocycles. The van der Waals surface area contributed by atoms with E-state index in [4.69, 9.17) is 4.74 Å². The molecule has 0 bridgehead atoms. The van der Waals surface area contributed by atoms with E-state index >= 15 is 0 Å². The number of phenolic OH excluding ortho intramolecular Hbond substituents is 1. The maximum atomic E-state index is 11.7. The molecule has 6 heteroatoms. The van der Waals surface area contributed by atoms with Gasteiger partial charge in [0.15, 0.2) is 0 Å². The zero-order valence-electron chi connectivity index (χ0n) is 11.7. The number of nitrogens with one attached hydrogen (secondary N) is 2. The highest BCUT2D eigenvalue weighted by Gasteiger charge is 2.13. The Hall–Kier alpha value is -2.08. The summed E-state index contributed by atoms with van der Waals surface area (Å²) >= 11 is 0. The minimum atomic E-state index is -0.727. The SMILES string of the molecule is CCOCCCNC(=O)C(=O)Nc1ccc(O)cc1C. The van der Waals surface area contributed by atoms with E-state index in [9.17, 15) is 14.7 Å². The number of amides is 2. The first-order valence-electron chi connectivity index (χ1n) is 6.51. The molecular weight excluding hydrogens is 260 g/mol. The summed E-state index contributed by atoms with van der Waals surface area (Å²) < 4.78 is 5.12. The fourth-order valence-corrected chi connectivity index (χ4v) is 1.57. The van der Waals surface area contributed by atoms with Crippen LogP contribution in [-0.4, -0.2) is 36.7 Å². The highest BCUT2D eigenvalue weighted by Crippen LogP contribution is 2.19. The molecule has 3 N–H and O–H groups in total. The summed E-state index contributed by atoms with van der Waals surface area (Å²) in [5.74, 6) is -1.30. The van der Waals surface area contributed by atoms with Gasteiger partial charge in [-0.1, -0.05) is 0 Å². The standard InChI is InChI=1S/C14H20N2O4/c1-3-20-8-4-7-15-13(18)14(19)16-12-6-5-11(17)9-10(12)2/h5-6,9,17H,3-4,7-8H2,1-2H3,(H,15,18)(H,16,19). The largest absolute Gasteiger partial charge is 0.508 e. The van der Waals surface area contributed by atoms with Crippen LogP contribution in [0.3, 0.4) is 0 Å². The van der Waals surface area contributed by atoms with E-state index in [1.165, 1.54) is 12.1 Å². The van der Waals surface area contributed by atoms with Crippen LogP contribution in [0.1, 0.15) is 18.9 Å². The van der Waals surface area contributed by atoms with E-state index in [1.807, 2.05) is 6.92 Å². The van der Waals surface area contributed by atoms with Crippen molar-refractivity contribution >= 4 is 17.5 Å². The number of hydrogen-bond donors (Lipinski definition) is 3. The lowest BCUT2D eigenvalue weighted by Crippen LogP contribution is -2.36. The number of carbonyl (C=O) groups excluding carboxylic acids is 2. The van der Waals surface area contributed by atoms with Gasteiger partial charge in [0.2, 0.25) is 0 Å². The van der Waals surface area contributed by atoms with Crippen molar-refractivity contribution < 1.29 is 19.4 Å². The lowest BCUT2D eigenvalue weighted by Gasteiger charge is -2.09. The molecule has 0 unspecified atom stereocenters. The van der Waals surface area contributed by atoms with Crippen molar-refractivity contribution in [1.82, 2.24) is 5.32 Å². The van der Waals surface area contributed by atoms with Crippen LogP contribution < -0.4 is 10.6 Å². The zero-order chi connectivity index (χ0) is 15.0. The number of carbonyl (C=O) groups is 2. The molecule has 1 rings (SSSR count). The summed E-state index contributed by atoms with van der Waals surface area (Å²) in [6, 6.07) is 4.50. The van der Waals surface area contributed by atoms with Gasteiger partial charge in [-0.25, -0.2) is 0 Å². The van der Waals surface area contributed by atoms with Crippen LogP contribution in [-0.2, 0) is 14.3 Å². The monoisotopic (exact) mass is 280 g/mol. The van der Waals surface area contributed by atoms with Gasteiger partial charge in [-0.05, 0) is 44.0 Å². The van der Waals surface area contributed by atoms with E-state index in [-0.39, 0.29) is 5.75 Å². The molecule has 0 heterocycles. The predicted molar refractivity (Wildman–Crippen MR) is 75.6 cm³/mol. The zero-order valence-corrected chi connectivity index (χ0v) is 11.7. The molecular formula is C14H20N2O4. The van der Waals surface area contributed by atoms with E-state index < -0.39 is 11.8 Å². The number of rotatable bonds is 6. The fraction of sp³-hybridized carbons (Fsp3) is 0.429. The van der Waals surface area contributed by atoms with E-state index in [1.54, 1.807) is 13.0 Å². The first-order chi connectivity index (χ1) is 9.54. The van der Waals surface area contributed by atoms with Crippen molar-refractivity contribution in [2.24, 2.45) is 0 Å². The molecule has 20 heavy (non-hydrogen) atoms. The van der Waals surface area contributed by atoms with Crippen molar-refractivity contribution in [3.8, 4) is 5.75 Å². The molecule has 110 valence electrons. The first-order valence-corrected chi connectivity index (χ1v) is 6.51. The highest BCUT2D eigenvalue weighted by molar-refractivity contribution is 6.39. The Morgan fingerprint density at radius 1 is 1.30 bits per heavy atom. The van der Waals surface area contributed by atoms with Crippen LogP contribution in [0.2, 0.25) is 0 Å². The van der Waals surface area contributed by atoms with E-state index in [2.05, 4.69) is 10.6 Å². The van der Waals surface area contributed by atoms with Crippen molar-refractivity contribution in [3.63, 3.8) is 0 Å². The third kappa shape index (κ3) is 5.27. The summed E-state index contributed by atoms with van der Waals surface area (Å²) in [6.45, 7) is 5.20. The van der Waals surface area contributed by atoms with Gasteiger partial charge in [0.05, 0.1) is 0 Å². The van der Waals surface area contributed by atoms with Gasteiger partial charge in [-0.3, -0.25) is 9.59 Å². The topological polar surface area (TPSA) is 87.7 Å². The Morgan fingerprint density at radius 3 is 2.70 bits per heavy atom. The summed E-state index contributed by atoms with van der Waals surface area (Å²) in [5.41, 5.74) is 1.18. The van der Waals surface area contributed by atoms with E-state index in [0.717, 1.165) is 0 Å². The highest BCUT2D eigenvalue weighted by atomic mass is 16.5. The average Bonchev–Trinajstić information content (AvgIpc) is 2.41. The molecule has 0 aromatic heterocycles. The van der Waals surface area contributed by atoms with Gasteiger partial charge in [0, 0.05) is 25.4 Å². The maximum Gasteiger partial charge on any atom is 0.313 e. The van der Waals surface area contributed by atoms with Crippen LogP contribution in [0.4, 0.5) is 5.69 Å². The van der Waals surface area contributed by atoms with Crippen LogP contribution in [0, 0.1) is 6.92 Å². The van der Waals surface area contributed by atoms with Gasteiger partial charge in [0.25, 0.3) is 0 Å². The number of hydrogen-bond acceptors (Lipinski definition) is 4. The maximum absolute atomic E-state index is 11.7. The molecule has 0 atom stereocenters. The second kappa shape index (κ2) is 8.16. The minimum absolute atomic E-state index is 0.112. The molecule has 1 aromatic rings. The molecule has 0 spiro atoms. The molecule has 2 amide bonds. The number of anilines is 1. The second-order valence-corrected chi connectivity index (χ2v) is 4.26. The second-order valence-electron chi connectivity index (χ2n) is 4.26. The number of benzene rings is 1. The Balaban J connectivity index is 2.39. The van der Waals surface area contributed by atoms with Crippen molar-refractivity contribution in [3.05, 3.63) is 23.8 Å². The minimum Gasteiger partial charge on any atom is -0.508 e. The fourth-order valence-electron chi connectivity index (χ4n) is 1.57. The Kier molecular flexibility index (Phi) is 6.52. The first kappa shape index (κ1) is 16.0. The van der Waals surface area contributed by atoms with Gasteiger partial charge >= 0.3 is 11.8 Å². The molecule has 0 aliphatic rings.